The van der Waals surface area contributed by atoms with E-state index in [1.54, 1.807) is 6.08 Å². The van der Waals surface area contributed by atoms with E-state index in [2.05, 4.69) is 11.9 Å². The maximum Gasteiger partial charge on any atom is 0.208 e. The molecule has 0 aliphatic heterocycles. The molecule has 3 nitrogen and oxygen atoms in total. The zero-order chi connectivity index (χ0) is 7.11. The minimum absolute atomic E-state index is 0.417. The van der Waals surface area contributed by atoms with Crippen molar-refractivity contribution in [2.75, 3.05) is 0 Å². The van der Waals surface area contributed by atoms with Crippen LogP contribution in [0.25, 0.3) is 0 Å². The molecular weight excluding hydrogens is 116 g/mol. The number of nitriles is 1. The molecular formula is C6H8N2O. The molecule has 1 amide bonds. The van der Waals surface area contributed by atoms with E-state index in [-0.39, 0.29) is 0 Å². The summed E-state index contributed by atoms with van der Waals surface area (Å²) >= 11 is 0. The fraction of sp³-hybridized carbons (Fsp3) is 0.333. The number of hydrogen-bond donors (Lipinski definition) is 1. The van der Waals surface area contributed by atoms with E-state index in [0.717, 1.165) is 0 Å². The molecule has 0 saturated carbocycles. The summed E-state index contributed by atoms with van der Waals surface area (Å²) < 4.78 is 0. The predicted molar refractivity (Wildman–Crippen MR) is 33.4 cm³/mol. The van der Waals surface area contributed by atoms with Crippen LogP contribution in [0, 0.1) is 11.3 Å². The molecule has 0 aliphatic carbocycles. The highest BCUT2D eigenvalue weighted by molar-refractivity contribution is 5.47. The van der Waals surface area contributed by atoms with Gasteiger partial charge in [-0.3, -0.25) is 4.79 Å². The van der Waals surface area contributed by atoms with Crippen LogP contribution in [0.5, 0.6) is 0 Å². The topological polar surface area (TPSA) is 52.9 Å². The number of amides is 1. The van der Waals surface area contributed by atoms with Crippen LogP contribution in [0.15, 0.2) is 12.7 Å². The van der Waals surface area contributed by atoms with Crippen molar-refractivity contribution in [1.29, 1.82) is 5.26 Å². The van der Waals surface area contributed by atoms with Crippen molar-refractivity contribution in [3.8, 4) is 6.07 Å². The maximum atomic E-state index is 9.75. The van der Waals surface area contributed by atoms with E-state index in [9.17, 15) is 4.79 Å². The van der Waals surface area contributed by atoms with Crippen molar-refractivity contribution in [2.24, 2.45) is 0 Å². The van der Waals surface area contributed by atoms with Gasteiger partial charge in [-0.25, -0.2) is 0 Å². The van der Waals surface area contributed by atoms with Crippen LogP contribution in [0.3, 0.4) is 0 Å². The summed E-state index contributed by atoms with van der Waals surface area (Å²) in [5.74, 6) is 0. The summed E-state index contributed by atoms with van der Waals surface area (Å²) in [5, 5.41) is 10.6. The molecule has 9 heavy (non-hydrogen) atoms. The maximum absolute atomic E-state index is 9.75. The average Bonchev–Trinajstić information content (AvgIpc) is 1.88. The standard InChI is InChI=1S/C6H8N2O/c1-2-3-6(4-7)8-5-9/h2,5-6H,1,3H2,(H,8,9). The lowest BCUT2D eigenvalue weighted by Crippen LogP contribution is -2.24. The highest BCUT2D eigenvalue weighted by atomic mass is 16.1. The van der Waals surface area contributed by atoms with Crippen LogP contribution < -0.4 is 5.32 Å². The zero-order valence-electron chi connectivity index (χ0n) is 5.00. The minimum Gasteiger partial charge on any atom is -0.343 e. The number of hydrogen-bond acceptors (Lipinski definition) is 2. The van der Waals surface area contributed by atoms with Gasteiger partial charge in [-0.05, 0) is 6.42 Å². The lowest BCUT2D eigenvalue weighted by atomic mass is 10.2. The van der Waals surface area contributed by atoms with Gasteiger partial charge in [-0.2, -0.15) is 5.26 Å². The second-order valence-corrected chi connectivity index (χ2v) is 1.49. The highest BCUT2D eigenvalue weighted by Crippen LogP contribution is 1.87. The zero-order valence-corrected chi connectivity index (χ0v) is 5.00. The fourth-order valence-electron chi connectivity index (χ4n) is 0.407. The van der Waals surface area contributed by atoms with Crippen molar-refractivity contribution >= 4 is 6.41 Å². The molecule has 0 aliphatic rings. The van der Waals surface area contributed by atoms with Crippen LogP contribution in [0.2, 0.25) is 0 Å². The van der Waals surface area contributed by atoms with Crippen LogP contribution >= 0.6 is 0 Å². The first-order valence-electron chi connectivity index (χ1n) is 2.55. The molecule has 0 radical (unpaired) electrons. The van der Waals surface area contributed by atoms with Gasteiger partial charge in [-0.1, -0.05) is 6.08 Å². The Balaban J connectivity index is 3.56. The van der Waals surface area contributed by atoms with Gasteiger partial charge in [0, 0.05) is 0 Å². The predicted octanol–water partition coefficient (Wildman–Crippen LogP) is 0.201. The van der Waals surface area contributed by atoms with Crippen LogP contribution in [-0.4, -0.2) is 12.5 Å². The largest absolute Gasteiger partial charge is 0.343 e. The van der Waals surface area contributed by atoms with Crippen molar-refractivity contribution in [2.45, 2.75) is 12.5 Å². The monoisotopic (exact) mass is 124 g/mol. The molecule has 0 aromatic carbocycles. The average molecular weight is 124 g/mol. The SMILES string of the molecule is C=CCC(C#N)NC=O. The first-order valence-corrected chi connectivity index (χ1v) is 2.55. The minimum atomic E-state index is -0.417. The third kappa shape index (κ3) is 3.30. The number of rotatable bonds is 4. The summed E-state index contributed by atoms with van der Waals surface area (Å²) in [4.78, 5) is 9.75. The van der Waals surface area contributed by atoms with Gasteiger partial charge in [0.2, 0.25) is 6.41 Å². The molecule has 0 aromatic rings. The molecule has 0 saturated heterocycles. The lowest BCUT2D eigenvalue weighted by molar-refractivity contribution is -0.109. The van der Waals surface area contributed by atoms with Crippen LogP contribution in [0.4, 0.5) is 0 Å². The van der Waals surface area contributed by atoms with Crippen molar-refractivity contribution in [3.05, 3.63) is 12.7 Å². The summed E-state index contributed by atoms with van der Waals surface area (Å²) in [7, 11) is 0. The Kier molecular flexibility index (Phi) is 4.15. The smallest absolute Gasteiger partial charge is 0.208 e. The summed E-state index contributed by atoms with van der Waals surface area (Å²) in [6.45, 7) is 3.42. The van der Waals surface area contributed by atoms with Gasteiger partial charge in [0.05, 0.1) is 6.07 Å². The Hall–Kier alpha value is -1.30. The molecule has 0 fully saturated rings. The number of carbonyl (C=O) groups is 1. The summed E-state index contributed by atoms with van der Waals surface area (Å²) in [6, 6.07) is 1.47. The molecule has 1 unspecified atom stereocenters. The van der Waals surface area contributed by atoms with E-state index < -0.39 is 6.04 Å². The number of carbonyl (C=O) groups excluding carboxylic acids is 1. The first-order chi connectivity index (χ1) is 4.35. The van der Waals surface area contributed by atoms with Gasteiger partial charge in [0.25, 0.3) is 0 Å². The van der Waals surface area contributed by atoms with Gasteiger partial charge < -0.3 is 5.32 Å². The van der Waals surface area contributed by atoms with Crippen LogP contribution in [0.1, 0.15) is 6.42 Å². The third-order valence-corrected chi connectivity index (χ3v) is 0.827. The molecule has 0 bridgehead atoms. The Labute approximate surface area is 54.0 Å². The quantitative estimate of drug-likeness (QED) is 0.430. The van der Waals surface area contributed by atoms with Gasteiger partial charge in [0.15, 0.2) is 0 Å². The van der Waals surface area contributed by atoms with Crippen LogP contribution in [-0.2, 0) is 4.79 Å². The van der Waals surface area contributed by atoms with Gasteiger partial charge >= 0.3 is 0 Å². The van der Waals surface area contributed by atoms with E-state index in [0.29, 0.717) is 12.8 Å². The molecule has 0 rings (SSSR count). The molecule has 3 heteroatoms. The van der Waals surface area contributed by atoms with E-state index in [1.807, 2.05) is 6.07 Å². The second-order valence-electron chi connectivity index (χ2n) is 1.49. The van der Waals surface area contributed by atoms with E-state index in [1.165, 1.54) is 0 Å². The lowest BCUT2D eigenvalue weighted by Gasteiger charge is -2.00. The van der Waals surface area contributed by atoms with Crippen molar-refractivity contribution in [3.63, 3.8) is 0 Å². The summed E-state index contributed by atoms with van der Waals surface area (Å²) in [5.41, 5.74) is 0. The Morgan fingerprint density at radius 1 is 1.89 bits per heavy atom. The molecule has 1 N–H and O–H groups in total. The number of nitrogens with zero attached hydrogens (tertiary/aromatic N) is 1. The normalized spacial score (nSPS) is 11.0. The molecule has 48 valence electrons. The summed E-state index contributed by atoms with van der Waals surface area (Å²) in [6.07, 6.45) is 2.59. The van der Waals surface area contributed by atoms with Crippen molar-refractivity contribution in [1.82, 2.24) is 5.32 Å². The molecule has 0 aromatic heterocycles. The van der Waals surface area contributed by atoms with E-state index >= 15 is 0 Å². The fourth-order valence-corrected chi connectivity index (χ4v) is 0.407. The van der Waals surface area contributed by atoms with Gasteiger partial charge in [-0.15, -0.1) is 6.58 Å². The Morgan fingerprint density at radius 3 is 2.89 bits per heavy atom. The van der Waals surface area contributed by atoms with E-state index in [4.69, 9.17) is 5.26 Å². The van der Waals surface area contributed by atoms with Gasteiger partial charge in [0.1, 0.15) is 6.04 Å². The molecule has 0 heterocycles. The molecule has 1 atom stereocenters. The highest BCUT2D eigenvalue weighted by Gasteiger charge is 1.99. The molecule has 0 spiro atoms. The third-order valence-electron chi connectivity index (χ3n) is 0.827. The Morgan fingerprint density at radius 2 is 2.56 bits per heavy atom. The second kappa shape index (κ2) is 4.85. The Bertz CT molecular complexity index is 126. The van der Waals surface area contributed by atoms with Crippen molar-refractivity contribution < 1.29 is 4.79 Å². The number of nitrogens with one attached hydrogen (secondary N) is 1. The first kappa shape index (κ1) is 7.70.